The van der Waals surface area contributed by atoms with Crippen LogP contribution in [0, 0.1) is 0 Å². The van der Waals surface area contributed by atoms with Crippen molar-refractivity contribution in [3.05, 3.63) is 35.9 Å². The highest BCUT2D eigenvalue weighted by molar-refractivity contribution is 5.85. The molecule has 1 aromatic rings. The lowest BCUT2D eigenvalue weighted by Gasteiger charge is -2.23. The maximum atomic E-state index is 11.9. The third-order valence-electron chi connectivity index (χ3n) is 3.62. The van der Waals surface area contributed by atoms with Crippen molar-refractivity contribution in [2.75, 3.05) is 26.7 Å². The molecule has 1 aliphatic rings. The van der Waals surface area contributed by atoms with E-state index in [1.54, 1.807) is 0 Å². The summed E-state index contributed by atoms with van der Waals surface area (Å²) >= 11 is 0. The zero-order valence-electron chi connectivity index (χ0n) is 12.0. The van der Waals surface area contributed by atoms with Gasteiger partial charge >= 0.3 is 0 Å². The standard InChI is InChI=1S/C15H23N3O.ClH/c1-16-11-14-8-5-9-18(14)12-15(19)17-10-13-6-3-2-4-7-13;/h2-4,6-7,14,16H,5,8-12H2,1H3,(H,17,19);1H. The summed E-state index contributed by atoms with van der Waals surface area (Å²) < 4.78 is 0. The van der Waals surface area contributed by atoms with Crippen molar-refractivity contribution in [1.82, 2.24) is 15.5 Å². The van der Waals surface area contributed by atoms with E-state index in [-0.39, 0.29) is 18.3 Å². The van der Waals surface area contributed by atoms with Gasteiger partial charge in [0.25, 0.3) is 0 Å². The van der Waals surface area contributed by atoms with Crippen molar-refractivity contribution in [3.63, 3.8) is 0 Å². The molecule has 1 fully saturated rings. The Bertz CT molecular complexity index is 399. The van der Waals surface area contributed by atoms with E-state index < -0.39 is 0 Å². The topological polar surface area (TPSA) is 44.4 Å². The first-order valence-electron chi connectivity index (χ1n) is 6.99. The van der Waals surface area contributed by atoms with E-state index in [1.165, 1.54) is 12.8 Å². The van der Waals surface area contributed by atoms with Crippen LogP contribution in [0.4, 0.5) is 0 Å². The first-order valence-corrected chi connectivity index (χ1v) is 6.99. The Labute approximate surface area is 127 Å². The largest absolute Gasteiger partial charge is 0.351 e. The number of likely N-dealkylation sites (tertiary alicyclic amines) is 1. The molecule has 0 spiro atoms. The summed E-state index contributed by atoms with van der Waals surface area (Å²) in [5.74, 6) is 0.117. The molecule has 112 valence electrons. The van der Waals surface area contributed by atoms with Gasteiger partial charge in [0.1, 0.15) is 0 Å². The highest BCUT2D eigenvalue weighted by Crippen LogP contribution is 2.15. The summed E-state index contributed by atoms with van der Waals surface area (Å²) in [7, 11) is 1.96. The van der Waals surface area contributed by atoms with Gasteiger partial charge < -0.3 is 10.6 Å². The van der Waals surface area contributed by atoms with E-state index in [0.717, 1.165) is 18.7 Å². The van der Waals surface area contributed by atoms with E-state index in [9.17, 15) is 4.79 Å². The number of halogens is 1. The Morgan fingerprint density at radius 1 is 1.35 bits per heavy atom. The Balaban J connectivity index is 0.00000200. The fourth-order valence-corrected chi connectivity index (χ4v) is 2.61. The second-order valence-corrected chi connectivity index (χ2v) is 5.09. The number of carbonyl (C=O) groups is 1. The summed E-state index contributed by atoms with van der Waals surface area (Å²) in [6.07, 6.45) is 2.38. The van der Waals surface area contributed by atoms with Crippen LogP contribution < -0.4 is 10.6 Å². The van der Waals surface area contributed by atoms with Crippen molar-refractivity contribution < 1.29 is 4.79 Å². The Morgan fingerprint density at radius 2 is 2.10 bits per heavy atom. The van der Waals surface area contributed by atoms with Crippen LogP contribution in [0.2, 0.25) is 0 Å². The molecule has 1 saturated heterocycles. The van der Waals surface area contributed by atoms with Crippen LogP contribution >= 0.6 is 12.4 Å². The molecule has 0 bridgehead atoms. The molecule has 1 aromatic carbocycles. The van der Waals surface area contributed by atoms with Crippen molar-refractivity contribution >= 4 is 18.3 Å². The number of likely N-dealkylation sites (N-methyl/N-ethyl adjacent to an activating group) is 1. The van der Waals surface area contributed by atoms with Gasteiger partial charge in [0.05, 0.1) is 6.54 Å². The van der Waals surface area contributed by atoms with Gasteiger partial charge in [-0.05, 0) is 32.0 Å². The Kier molecular flexibility index (Phi) is 7.59. The molecular weight excluding hydrogens is 274 g/mol. The van der Waals surface area contributed by atoms with Gasteiger partial charge in [0.2, 0.25) is 5.91 Å². The summed E-state index contributed by atoms with van der Waals surface area (Å²) in [5.41, 5.74) is 1.14. The van der Waals surface area contributed by atoms with Gasteiger partial charge in [-0.2, -0.15) is 0 Å². The molecular formula is C15H24ClN3O. The molecule has 0 aromatic heterocycles. The number of rotatable bonds is 6. The van der Waals surface area contributed by atoms with E-state index in [4.69, 9.17) is 0 Å². The van der Waals surface area contributed by atoms with Crippen molar-refractivity contribution in [2.45, 2.75) is 25.4 Å². The molecule has 20 heavy (non-hydrogen) atoms. The third-order valence-corrected chi connectivity index (χ3v) is 3.62. The number of nitrogens with one attached hydrogen (secondary N) is 2. The van der Waals surface area contributed by atoms with Gasteiger partial charge in [0, 0.05) is 19.1 Å². The predicted octanol–water partition coefficient (Wildman–Crippen LogP) is 1.41. The molecule has 0 radical (unpaired) electrons. The highest BCUT2D eigenvalue weighted by Gasteiger charge is 2.25. The molecule has 2 N–H and O–H groups in total. The summed E-state index contributed by atoms with van der Waals surface area (Å²) in [6.45, 7) is 3.13. The van der Waals surface area contributed by atoms with Gasteiger partial charge in [-0.3, -0.25) is 9.69 Å². The highest BCUT2D eigenvalue weighted by atomic mass is 35.5. The van der Waals surface area contributed by atoms with Gasteiger partial charge in [-0.1, -0.05) is 30.3 Å². The number of benzene rings is 1. The van der Waals surface area contributed by atoms with Crippen LogP contribution in [0.15, 0.2) is 30.3 Å². The number of amides is 1. The summed E-state index contributed by atoms with van der Waals surface area (Å²) in [4.78, 5) is 14.2. The first-order chi connectivity index (χ1) is 9.29. The molecule has 1 unspecified atom stereocenters. The van der Waals surface area contributed by atoms with Crippen LogP contribution in [-0.4, -0.2) is 43.5 Å². The van der Waals surface area contributed by atoms with Crippen molar-refractivity contribution in [1.29, 1.82) is 0 Å². The number of carbonyl (C=O) groups excluding carboxylic acids is 1. The van der Waals surface area contributed by atoms with Gasteiger partial charge in [0.15, 0.2) is 0 Å². The van der Waals surface area contributed by atoms with Crippen LogP contribution in [0.25, 0.3) is 0 Å². The second kappa shape index (κ2) is 8.95. The first kappa shape index (κ1) is 17.0. The normalized spacial score (nSPS) is 18.6. The van der Waals surface area contributed by atoms with E-state index in [2.05, 4.69) is 15.5 Å². The van der Waals surface area contributed by atoms with E-state index >= 15 is 0 Å². The maximum absolute atomic E-state index is 11.9. The average Bonchev–Trinajstić information content (AvgIpc) is 2.85. The lowest BCUT2D eigenvalue weighted by atomic mass is 10.2. The SMILES string of the molecule is CNCC1CCCN1CC(=O)NCc1ccccc1.Cl. The smallest absolute Gasteiger partial charge is 0.234 e. The monoisotopic (exact) mass is 297 g/mol. The fourth-order valence-electron chi connectivity index (χ4n) is 2.61. The molecule has 2 rings (SSSR count). The minimum Gasteiger partial charge on any atom is -0.351 e. The number of hydrogen-bond acceptors (Lipinski definition) is 3. The van der Waals surface area contributed by atoms with Gasteiger partial charge in [-0.25, -0.2) is 0 Å². The number of hydrogen-bond donors (Lipinski definition) is 2. The average molecular weight is 298 g/mol. The summed E-state index contributed by atoms with van der Waals surface area (Å²) in [5, 5.41) is 6.18. The van der Waals surface area contributed by atoms with Crippen LogP contribution in [-0.2, 0) is 11.3 Å². The number of nitrogens with zero attached hydrogens (tertiary/aromatic N) is 1. The molecule has 1 aliphatic heterocycles. The zero-order valence-corrected chi connectivity index (χ0v) is 12.8. The molecule has 1 heterocycles. The van der Waals surface area contributed by atoms with Crippen LogP contribution in [0.3, 0.4) is 0 Å². The zero-order chi connectivity index (χ0) is 13.5. The quantitative estimate of drug-likeness (QED) is 0.834. The minimum atomic E-state index is 0. The lowest BCUT2D eigenvalue weighted by Crippen LogP contribution is -2.43. The molecule has 4 nitrogen and oxygen atoms in total. The fraction of sp³-hybridized carbons (Fsp3) is 0.533. The van der Waals surface area contributed by atoms with Crippen molar-refractivity contribution in [3.8, 4) is 0 Å². The summed E-state index contributed by atoms with van der Waals surface area (Å²) in [6, 6.07) is 10.5. The Hall–Kier alpha value is -1.10. The van der Waals surface area contributed by atoms with Crippen LogP contribution in [0.1, 0.15) is 18.4 Å². The maximum Gasteiger partial charge on any atom is 0.234 e. The predicted molar refractivity (Wildman–Crippen MR) is 84.1 cm³/mol. The Morgan fingerprint density at radius 3 is 2.80 bits per heavy atom. The molecule has 0 saturated carbocycles. The molecule has 5 heteroatoms. The molecule has 1 amide bonds. The van der Waals surface area contributed by atoms with E-state index in [1.807, 2.05) is 37.4 Å². The second-order valence-electron chi connectivity index (χ2n) is 5.09. The lowest BCUT2D eigenvalue weighted by molar-refractivity contribution is -0.122. The molecule has 0 aliphatic carbocycles. The van der Waals surface area contributed by atoms with Gasteiger partial charge in [-0.15, -0.1) is 12.4 Å². The third kappa shape index (κ3) is 5.12. The van der Waals surface area contributed by atoms with Crippen LogP contribution in [0.5, 0.6) is 0 Å². The van der Waals surface area contributed by atoms with Crippen molar-refractivity contribution in [2.24, 2.45) is 0 Å². The molecule has 1 atom stereocenters. The minimum absolute atomic E-state index is 0. The van der Waals surface area contributed by atoms with E-state index in [0.29, 0.717) is 19.1 Å².